The number of benzene rings is 1. The van der Waals surface area contributed by atoms with Crippen LogP contribution < -0.4 is 0 Å². The van der Waals surface area contributed by atoms with E-state index in [1.165, 1.54) is 11.1 Å². The maximum absolute atomic E-state index is 13.5. The molecule has 0 spiro atoms. The zero-order valence-electron chi connectivity index (χ0n) is 9.54. The van der Waals surface area contributed by atoms with Crippen LogP contribution in [0.1, 0.15) is 24.2 Å². The van der Waals surface area contributed by atoms with Gasteiger partial charge in [-0.3, -0.25) is 0 Å². The lowest BCUT2D eigenvalue weighted by atomic mass is 10.2. The Morgan fingerprint density at radius 2 is 2.06 bits per heavy atom. The van der Waals surface area contributed by atoms with Gasteiger partial charge in [-0.2, -0.15) is 0 Å². The Morgan fingerprint density at radius 1 is 1.47 bits per heavy atom. The summed E-state index contributed by atoms with van der Waals surface area (Å²) >= 11 is 9.70. The number of thiol groups is 1. The fourth-order valence-electron chi connectivity index (χ4n) is 1.21. The minimum atomic E-state index is -0.752. The summed E-state index contributed by atoms with van der Waals surface area (Å²) in [6.45, 7) is 4.73. The molecule has 0 N–H and O–H groups in total. The summed E-state index contributed by atoms with van der Waals surface area (Å²) in [6.07, 6.45) is 0. The van der Waals surface area contributed by atoms with Crippen LogP contribution in [0.3, 0.4) is 0 Å². The highest BCUT2D eigenvalue weighted by molar-refractivity contribution is 7.80. The molecule has 3 nitrogen and oxygen atoms in total. The lowest BCUT2D eigenvalue weighted by Gasteiger charge is -2.17. The van der Waals surface area contributed by atoms with Crippen LogP contribution in [0.5, 0.6) is 0 Å². The van der Waals surface area contributed by atoms with E-state index in [0.29, 0.717) is 18.0 Å². The number of hydrogen-bond acceptors (Lipinski definition) is 4. The first kappa shape index (κ1) is 14.3. The number of carbonyl (C=O) groups is 1. The minimum Gasteiger partial charge on any atom is -0.364 e. The third-order valence-corrected chi connectivity index (χ3v) is 2.99. The maximum Gasteiger partial charge on any atom is 0.360 e. The fourth-order valence-corrected chi connectivity index (χ4v) is 1.56. The smallest absolute Gasteiger partial charge is 0.360 e. The van der Waals surface area contributed by atoms with Gasteiger partial charge >= 0.3 is 5.97 Å². The first-order valence-corrected chi connectivity index (χ1v) is 5.97. The van der Waals surface area contributed by atoms with Gasteiger partial charge in [-0.05, 0) is 26.0 Å². The molecule has 0 saturated carbocycles. The van der Waals surface area contributed by atoms with Crippen molar-refractivity contribution in [2.24, 2.45) is 0 Å². The molecule has 0 atom stereocenters. The quantitative estimate of drug-likeness (QED) is 0.677. The van der Waals surface area contributed by atoms with Crippen molar-refractivity contribution in [2.45, 2.75) is 18.7 Å². The van der Waals surface area contributed by atoms with Crippen molar-refractivity contribution in [1.29, 1.82) is 0 Å². The van der Waals surface area contributed by atoms with Crippen molar-refractivity contribution >= 4 is 30.2 Å². The van der Waals surface area contributed by atoms with Crippen LogP contribution in [0.25, 0.3) is 0 Å². The van der Waals surface area contributed by atoms with E-state index in [2.05, 4.69) is 12.6 Å². The van der Waals surface area contributed by atoms with E-state index >= 15 is 0 Å². The number of nitrogens with zero attached hydrogens (tertiary/aromatic N) is 1. The number of rotatable bonds is 4. The van der Waals surface area contributed by atoms with Gasteiger partial charge in [0.15, 0.2) is 0 Å². The van der Waals surface area contributed by atoms with Gasteiger partial charge in [0, 0.05) is 18.0 Å². The van der Waals surface area contributed by atoms with E-state index in [-0.39, 0.29) is 10.6 Å². The van der Waals surface area contributed by atoms with Crippen LogP contribution >= 0.6 is 24.2 Å². The average Bonchev–Trinajstić information content (AvgIpc) is 2.30. The van der Waals surface area contributed by atoms with Crippen molar-refractivity contribution in [3.05, 3.63) is 28.5 Å². The average molecular weight is 278 g/mol. The summed E-state index contributed by atoms with van der Waals surface area (Å²) in [5.41, 5.74) is -0.175. The maximum atomic E-state index is 13.5. The second-order valence-corrected chi connectivity index (χ2v) is 4.17. The van der Waals surface area contributed by atoms with Crippen LogP contribution in [0.2, 0.25) is 5.02 Å². The summed E-state index contributed by atoms with van der Waals surface area (Å²) < 4.78 is 13.5. The number of halogens is 2. The van der Waals surface area contributed by atoms with Crippen molar-refractivity contribution in [2.75, 3.05) is 13.1 Å². The van der Waals surface area contributed by atoms with Gasteiger partial charge in [-0.15, -0.1) is 17.7 Å². The molecule has 1 rings (SSSR count). The minimum absolute atomic E-state index is 0.158. The highest BCUT2D eigenvalue weighted by atomic mass is 35.5. The van der Waals surface area contributed by atoms with Gasteiger partial charge in [-0.1, -0.05) is 11.6 Å². The summed E-state index contributed by atoms with van der Waals surface area (Å²) in [5.74, 6) is -1.47. The van der Waals surface area contributed by atoms with Crippen molar-refractivity contribution in [3.63, 3.8) is 0 Å². The largest absolute Gasteiger partial charge is 0.364 e. The molecular formula is C11H13ClFNO2S. The zero-order chi connectivity index (χ0) is 13.0. The van der Waals surface area contributed by atoms with E-state index in [4.69, 9.17) is 16.4 Å². The van der Waals surface area contributed by atoms with Crippen LogP contribution in [0.15, 0.2) is 17.0 Å². The fraction of sp³-hybridized carbons (Fsp3) is 0.364. The normalized spacial score (nSPS) is 10.7. The molecule has 0 aliphatic rings. The number of carbonyl (C=O) groups excluding carboxylic acids is 1. The molecule has 1 aromatic carbocycles. The van der Waals surface area contributed by atoms with Gasteiger partial charge in [0.1, 0.15) is 5.82 Å². The molecule has 0 fully saturated rings. The Morgan fingerprint density at radius 3 is 2.59 bits per heavy atom. The highest BCUT2D eigenvalue weighted by Crippen LogP contribution is 2.24. The standard InChI is InChI=1S/C11H13ClFNO2S/c1-3-14(4-2)16-11(15)7-5-10(17)8(12)6-9(7)13/h5-6,17H,3-4H2,1-2H3. The van der Waals surface area contributed by atoms with E-state index < -0.39 is 11.8 Å². The molecule has 0 aliphatic heterocycles. The zero-order valence-corrected chi connectivity index (χ0v) is 11.2. The Hall–Kier alpha value is -0.780. The van der Waals surface area contributed by atoms with Gasteiger partial charge in [0.25, 0.3) is 0 Å². The Bertz CT molecular complexity index is 424. The Balaban J connectivity index is 2.93. The Kier molecular flexibility index (Phi) is 5.24. The van der Waals surface area contributed by atoms with Gasteiger partial charge in [0.05, 0.1) is 10.6 Å². The summed E-state index contributed by atoms with van der Waals surface area (Å²) in [4.78, 5) is 17.0. The molecule has 0 aromatic heterocycles. The van der Waals surface area contributed by atoms with E-state index in [0.717, 1.165) is 6.07 Å². The molecule has 6 heteroatoms. The molecule has 0 radical (unpaired) electrons. The van der Waals surface area contributed by atoms with Crippen molar-refractivity contribution < 1.29 is 14.0 Å². The number of hydrogen-bond donors (Lipinski definition) is 1. The molecular weight excluding hydrogens is 265 g/mol. The molecule has 0 aliphatic carbocycles. The predicted octanol–water partition coefficient (Wildman–Crippen LogP) is 3.18. The second kappa shape index (κ2) is 6.23. The molecule has 0 unspecified atom stereocenters. The molecule has 0 amide bonds. The third-order valence-electron chi connectivity index (χ3n) is 2.17. The summed E-state index contributed by atoms with van der Waals surface area (Å²) in [7, 11) is 0. The van der Waals surface area contributed by atoms with Gasteiger partial charge < -0.3 is 4.84 Å². The second-order valence-electron chi connectivity index (χ2n) is 3.28. The molecule has 17 heavy (non-hydrogen) atoms. The molecule has 0 saturated heterocycles. The van der Waals surface area contributed by atoms with Crippen molar-refractivity contribution in [3.8, 4) is 0 Å². The van der Waals surface area contributed by atoms with E-state index in [1.807, 2.05) is 13.8 Å². The first-order chi connectivity index (χ1) is 7.99. The monoisotopic (exact) mass is 277 g/mol. The Labute approximate surface area is 110 Å². The third kappa shape index (κ3) is 3.59. The van der Waals surface area contributed by atoms with E-state index in [1.54, 1.807) is 0 Å². The highest BCUT2D eigenvalue weighted by Gasteiger charge is 2.17. The van der Waals surface area contributed by atoms with Crippen LogP contribution in [-0.4, -0.2) is 24.1 Å². The SMILES string of the molecule is CCN(CC)OC(=O)c1cc(S)c(Cl)cc1F. The molecule has 94 valence electrons. The van der Waals surface area contributed by atoms with Crippen LogP contribution in [0, 0.1) is 5.82 Å². The molecule has 0 bridgehead atoms. The summed E-state index contributed by atoms with van der Waals surface area (Å²) in [6, 6.07) is 2.30. The lowest BCUT2D eigenvalue weighted by Crippen LogP contribution is -2.27. The topological polar surface area (TPSA) is 29.5 Å². The summed E-state index contributed by atoms with van der Waals surface area (Å²) in [5, 5.41) is 1.58. The molecule has 1 aromatic rings. The lowest BCUT2D eigenvalue weighted by molar-refractivity contribution is -0.103. The predicted molar refractivity (Wildman–Crippen MR) is 67.0 cm³/mol. The van der Waals surface area contributed by atoms with Gasteiger partial charge in [-0.25, -0.2) is 9.18 Å². The van der Waals surface area contributed by atoms with Crippen LogP contribution in [-0.2, 0) is 4.84 Å². The van der Waals surface area contributed by atoms with Crippen LogP contribution in [0.4, 0.5) is 4.39 Å². The van der Waals surface area contributed by atoms with E-state index in [9.17, 15) is 9.18 Å². The number of hydroxylamine groups is 2. The first-order valence-electron chi connectivity index (χ1n) is 5.14. The van der Waals surface area contributed by atoms with Gasteiger partial charge in [0.2, 0.25) is 0 Å². The van der Waals surface area contributed by atoms with Crippen molar-refractivity contribution in [1.82, 2.24) is 5.06 Å². The molecule has 0 heterocycles.